The summed E-state index contributed by atoms with van der Waals surface area (Å²) in [6, 6.07) is 10.6. The molecule has 2 heteroatoms. The standard InChI is InChI=1S/C21H29NO/c1-16(2)19-12-7-8-13-21(19)14-9-15-22(20(21)23)17(3)18-10-5-4-6-11-18/h4-6,10-11,17,19H,1,7-9,12-15H2,2-3H3/t17?,19-,21-/m0/s1. The zero-order valence-corrected chi connectivity index (χ0v) is 14.6. The molecule has 2 nitrogen and oxygen atoms in total. The van der Waals surface area contributed by atoms with Crippen LogP contribution in [0.2, 0.25) is 0 Å². The van der Waals surface area contributed by atoms with Crippen LogP contribution in [0, 0.1) is 11.3 Å². The number of likely N-dealkylation sites (tertiary alicyclic amines) is 1. The number of amides is 1. The maximum Gasteiger partial charge on any atom is 0.229 e. The van der Waals surface area contributed by atoms with Gasteiger partial charge in [0.05, 0.1) is 11.5 Å². The highest BCUT2D eigenvalue weighted by Gasteiger charge is 2.51. The predicted octanol–water partition coefficient (Wildman–Crippen LogP) is 5.12. The molecule has 1 aliphatic carbocycles. The lowest BCUT2D eigenvalue weighted by Crippen LogP contribution is -2.54. The molecule has 1 heterocycles. The molecule has 0 N–H and O–H groups in total. The average Bonchev–Trinajstić information content (AvgIpc) is 2.58. The lowest BCUT2D eigenvalue weighted by Gasteiger charge is -2.50. The minimum Gasteiger partial charge on any atom is -0.335 e. The van der Waals surface area contributed by atoms with E-state index < -0.39 is 0 Å². The van der Waals surface area contributed by atoms with Crippen LogP contribution in [-0.4, -0.2) is 17.4 Å². The van der Waals surface area contributed by atoms with Crippen molar-refractivity contribution >= 4 is 5.91 Å². The number of hydrogen-bond acceptors (Lipinski definition) is 1. The quantitative estimate of drug-likeness (QED) is 0.709. The lowest BCUT2D eigenvalue weighted by molar-refractivity contribution is -0.155. The highest BCUT2D eigenvalue weighted by atomic mass is 16.2. The van der Waals surface area contributed by atoms with Crippen molar-refractivity contribution in [2.75, 3.05) is 6.54 Å². The number of rotatable bonds is 3. The number of hydrogen-bond donors (Lipinski definition) is 0. The molecule has 1 aromatic carbocycles. The Bertz CT molecular complexity index is 575. The van der Waals surface area contributed by atoms with Gasteiger partial charge in [-0.05, 0) is 51.0 Å². The largest absolute Gasteiger partial charge is 0.335 e. The molecule has 0 bridgehead atoms. The summed E-state index contributed by atoms with van der Waals surface area (Å²) in [5, 5.41) is 0. The molecule has 1 saturated heterocycles. The van der Waals surface area contributed by atoms with Gasteiger partial charge >= 0.3 is 0 Å². The second kappa shape index (κ2) is 6.51. The van der Waals surface area contributed by atoms with E-state index in [1.807, 2.05) is 6.07 Å². The van der Waals surface area contributed by atoms with E-state index in [0.717, 1.165) is 32.2 Å². The topological polar surface area (TPSA) is 20.3 Å². The zero-order valence-electron chi connectivity index (χ0n) is 14.6. The fraction of sp³-hybridized carbons (Fsp3) is 0.571. The van der Waals surface area contributed by atoms with Gasteiger partial charge in [-0.1, -0.05) is 55.3 Å². The van der Waals surface area contributed by atoms with Crippen molar-refractivity contribution in [1.29, 1.82) is 0 Å². The molecule has 1 aliphatic heterocycles. The van der Waals surface area contributed by atoms with Crippen LogP contribution in [0.4, 0.5) is 0 Å². The smallest absolute Gasteiger partial charge is 0.229 e. The molecule has 124 valence electrons. The van der Waals surface area contributed by atoms with Gasteiger partial charge in [0, 0.05) is 6.54 Å². The van der Waals surface area contributed by atoms with E-state index in [4.69, 9.17) is 0 Å². The van der Waals surface area contributed by atoms with E-state index in [0.29, 0.717) is 11.8 Å². The van der Waals surface area contributed by atoms with Gasteiger partial charge < -0.3 is 4.90 Å². The van der Waals surface area contributed by atoms with E-state index in [2.05, 4.69) is 49.6 Å². The Morgan fingerprint density at radius 1 is 1.22 bits per heavy atom. The van der Waals surface area contributed by atoms with Crippen LogP contribution in [0.5, 0.6) is 0 Å². The van der Waals surface area contributed by atoms with Crippen LogP contribution in [0.15, 0.2) is 42.5 Å². The van der Waals surface area contributed by atoms with E-state index >= 15 is 0 Å². The average molecular weight is 311 g/mol. The SMILES string of the molecule is C=C(C)[C@@H]1CCCC[C@]12CCCN(C(C)c1ccccc1)C2=O. The summed E-state index contributed by atoms with van der Waals surface area (Å²) in [5.74, 6) is 0.752. The molecule has 23 heavy (non-hydrogen) atoms. The molecule has 1 aromatic rings. The van der Waals surface area contributed by atoms with Crippen LogP contribution >= 0.6 is 0 Å². The third kappa shape index (κ3) is 2.84. The second-order valence-electron chi connectivity index (χ2n) is 7.49. The van der Waals surface area contributed by atoms with Gasteiger partial charge in [0.1, 0.15) is 0 Å². The van der Waals surface area contributed by atoms with Gasteiger partial charge in [-0.3, -0.25) is 4.79 Å². The number of nitrogens with zero attached hydrogens (tertiary/aromatic N) is 1. The van der Waals surface area contributed by atoms with E-state index in [-0.39, 0.29) is 11.5 Å². The van der Waals surface area contributed by atoms with Crippen LogP contribution < -0.4 is 0 Å². The summed E-state index contributed by atoms with van der Waals surface area (Å²) in [4.78, 5) is 15.7. The van der Waals surface area contributed by atoms with Crippen molar-refractivity contribution in [1.82, 2.24) is 4.90 Å². The summed E-state index contributed by atoms with van der Waals surface area (Å²) < 4.78 is 0. The Morgan fingerprint density at radius 3 is 2.61 bits per heavy atom. The first-order valence-corrected chi connectivity index (χ1v) is 9.08. The number of benzene rings is 1. The number of carbonyl (C=O) groups excluding carboxylic acids is 1. The fourth-order valence-corrected chi connectivity index (χ4v) is 4.85. The van der Waals surface area contributed by atoms with Gasteiger partial charge in [0.15, 0.2) is 0 Å². The van der Waals surface area contributed by atoms with Crippen molar-refractivity contribution in [2.24, 2.45) is 11.3 Å². The van der Waals surface area contributed by atoms with Crippen molar-refractivity contribution in [3.05, 3.63) is 48.0 Å². The first kappa shape index (κ1) is 16.3. The van der Waals surface area contributed by atoms with Gasteiger partial charge in [-0.15, -0.1) is 0 Å². The monoisotopic (exact) mass is 311 g/mol. The molecule has 0 aromatic heterocycles. The molecule has 2 aliphatic rings. The number of carbonyl (C=O) groups is 1. The molecular formula is C21H29NO. The molecule has 3 rings (SSSR count). The zero-order chi connectivity index (χ0) is 16.4. The van der Waals surface area contributed by atoms with Crippen molar-refractivity contribution < 1.29 is 4.79 Å². The third-order valence-corrected chi connectivity index (χ3v) is 6.09. The van der Waals surface area contributed by atoms with Gasteiger partial charge in [0.2, 0.25) is 5.91 Å². The molecule has 1 saturated carbocycles. The Kier molecular flexibility index (Phi) is 4.61. The Labute approximate surface area is 140 Å². The van der Waals surface area contributed by atoms with Crippen LogP contribution in [-0.2, 0) is 4.79 Å². The van der Waals surface area contributed by atoms with E-state index in [9.17, 15) is 4.79 Å². The normalized spacial score (nSPS) is 29.6. The molecular weight excluding hydrogens is 282 g/mol. The maximum absolute atomic E-state index is 13.5. The maximum atomic E-state index is 13.5. The summed E-state index contributed by atoms with van der Waals surface area (Å²) >= 11 is 0. The summed E-state index contributed by atoms with van der Waals surface area (Å²) in [6.07, 6.45) is 6.76. The molecule has 1 amide bonds. The first-order valence-electron chi connectivity index (χ1n) is 9.08. The molecule has 0 radical (unpaired) electrons. The highest BCUT2D eigenvalue weighted by Crippen LogP contribution is 2.51. The van der Waals surface area contributed by atoms with Crippen molar-refractivity contribution in [2.45, 2.75) is 58.4 Å². The second-order valence-corrected chi connectivity index (χ2v) is 7.49. The van der Waals surface area contributed by atoms with Crippen LogP contribution in [0.3, 0.4) is 0 Å². The Hall–Kier alpha value is -1.57. The lowest BCUT2D eigenvalue weighted by atomic mass is 9.60. The van der Waals surface area contributed by atoms with Gasteiger partial charge in [-0.2, -0.15) is 0 Å². The number of piperidine rings is 1. The van der Waals surface area contributed by atoms with Crippen molar-refractivity contribution in [3.8, 4) is 0 Å². The molecule has 2 fully saturated rings. The van der Waals surface area contributed by atoms with Crippen LogP contribution in [0.1, 0.15) is 64.0 Å². The Balaban J connectivity index is 1.90. The molecule has 3 atom stereocenters. The predicted molar refractivity (Wildman–Crippen MR) is 95.0 cm³/mol. The summed E-state index contributed by atoms with van der Waals surface area (Å²) in [7, 11) is 0. The van der Waals surface area contributed by atoms with E-state index in [1.165, 1.54) is 24.0 Å². The third-order valence-electron chi connectivity index (χ3n) is 6.09. The molecule has 1 unspecified atom stereocenters. The fourth-order valence-electron chi connectivity index (χ4n) is 4.85. The number of allylic oxidation sites excluding steroid dienone is 1. The van der Waals surface area contributed by atoms with E-state index in [1.54, 1.807) is 0 Å². The van der Waals surface area contributed by atoms with Crippen molar-refractivity contribution in [3.63, 3.8) is 0 Å². The Morgan fingerprint density at radius 2 is 1.91 bits per heavy atom. The van der Waals surface area contributed by atoms with Gasteiger partial charge in [0.25, 0.3) is 0 Å². The summed E-state index contributed by atoms with van der Waals surface area (Å²) in [5.41, 5.74) is 2.26. The minimum absolute atomic E-state index is 0.161. The van der Waals surface area contributed by atoms with Gasteiger partial charge in [-0.25, -0.2) is 0 Å². The minimum atomic E-state index is -0.175. The molecule has 1 spiro atoms. The first-order chi connectivity index (χ1) is 11.1. The highest BCUT2D eigenvalue weighted by molar-refractivity contribution is 5.85. The van der Waals surface area contributed by atoms with Crippen LogP contribution in [0.25, 0.3) is 0 Å². The summed E-state index contributed by atoms with van der Waals surface area (Å²) in [6.45, 7) is 9.40.